The number of imide groups is 1. The van der Waals surface area contributed by atoms with Gasteiger partial charge < -0.3 is 14.8 Å². The zero-order valence-corrected chi connectivity index (χ0v) is 19.5. The molecule has 2 amide bonds. The smallest absolute Gasteiger partial charge is 0.282 e. The second kappa shape index (κ2) is 9.00. The van der Waals surface area contributed by atoms with E-state index in [0.29, 0.717) is 39.0 Å². The molecule has 4 rings (SSSR count). The third kappa shape index (κ3) is 4.30. The van der Waals surface area contributed by atoms with Crippen LogP contribution >= 0.6 is 11.6 Å². The Hall–Kier alpha value is -3.77. The lowest BCUT2D eigenvalue weighted by Gasteiger charge is -2.16. The highest BCUT2D eigenvalue weighted by Crippen LogP contribution is 2.37. The Kier molecular flexibility index (Phi) is 6.11. The summed E-state index contributed by atoms with van der Waals surface area (Å²) in [5.74, 6) is 0.202. The van der Waals surface area contributed by atoms with Crippen molar-refractivity contribution in [1.82, 2.24) is 0 Å². The number of benzene rings is 3. The zero-order valence-electron chi connectivity index (χ0n) is 18.7. The second-order valence-electron chi connectivity index (χ2n) is 7.72. The SMILES string of the molecule is COc1cc(NC2=C(c3ccc(C)cc3C)C(=O)N(c3cccc(Cl)c3)C2=O)cc(OC)c1. The van der Waals surface area contributed by atoms with E-state index >= 15 is 0 Å². The average Bonchev–Trinajstić information content (AvgIpc) is 3.03. The van der Waals surface area contributed by atoms with Crippen molar-refractivity contribution in [2.24, 2.45) is 0 Å². The molecule has 1 aliphatic rings. The van der Waals surface area contributed by atoms with Gasteiger partial charge in [-0.05, 0) is 43.2 Å². The topological polar surface area (TPSA) is 67.9 Å². The Bertz CT molecular complexity index is 1280. The van der Waals surface area contributed by atoms with Gasteiger partial charge >= 0.3 is 0 Å². The van der Waals surface area contributed by atoms with Gasteiger partial charge in [0.15, 0.2) is 0 Å². The van der Waals surface area contributed by atoms with Crippen molar-refractivity contribution in [2.75, 3.05) is 24.4 Å². The number of methoxy groups -OCH3 is 2. The summed E-state index contributed by atoms with van der Waals surface area (Å²) in [7, 11) is 3.09. The third-order valence-electron chi connectivity index (χ3n) is 5.42. The molecule has 1 heterocycles. The molecule has 0 aliphatic carbocycles. The van der Waals surface area contributed by atoms with Crippen LogP contribution in [0.25, 0.3) is 5.57 Å². The van der Waals surface area contributed by atoms with E-state index < -0.39 is 11.8 Å². The van der Waals surface area contributed by atoms with Gasteiger partial charge in [-0.1, -0.05) is 41.4 Å². The Morgan fingerprint density at radius 2 is 1.55 bits per heavy atom. The van der Waals surface area contributed by atoms with E-state index in [-0.39, 0.29) is 5.70 Å². The number of ether oxygens (including phenoxy) is 2. The van der Waals surface area contributed by atoms with Crippen molar-refractivity contribution >= 4 is 40.4 Å². The molecule has 6 nitrogen and oxygen atoms in total. The van der Waals surface area contributed by atoms with Crippen LogP contribution in [0.3, 0.4) is 0 Å². The van der Waals surface area contributed by atoms with E-state index in [1.165, 1.54) is 0 Å². The van der Waals surface area contributed by atoms with E-state index in [2.05, 4.69) is 5.32 Å². The van der Waals surface area contributed by atoms with Crippen molar-refractivity contribution in [3.8, 4) is 11.5 Å². The molecule has 0 unspecified atom stereocenters. The molecule has 7 heteroatoms. The quantitative estimate of drug-likeness (QED) is 0.499. The highest BCUT2D eigenvalue weighted by molar-refractivity contribution is 6.46. The minimum atomic E-state index is -0.473. The predicted octanol–water partition coefficient (Wildman–Crippen LogP) is 5.37. The van der Waals surface area contributed by atoms with Crippen LogP contribution in [-0.2, 0) is 9.59 Å². The van der Waals surface area contributed by atoms with Crippen molar-refractivity contribution in [1.29, 1.82) is 0 Å². The maximum absolute atomic E-state index is 13.6. The maximum Gasteiger partial charge on any atom is 0.282 e. The van der Waals surface area contributed by atoms with Gasteiger partial charge in [-0.25, -0.2) is 4.90 Å². The lowest BCUT2D eigenvalue weighted by atomic mass is 9.97. The molecule has 0 bridgehead atoms. The Morgan fingerprint density at radius 1 is 0.848 bits per heavy atom. The first-order valence-corrected chi connectivity index (χ1v) is 10.7. The van der Waals surface area contributed by atoms with Crippen LogP contribution in [-0.4, -0.2) is 26.0 Å². The molecule has 0 saturated heterocycles. The summed E-state index contributed by atoms with van der Waals surface area (Å²) >= 11 is 6.14. The Morgan fingerprint density at radius 3 is 2.15 bits per heavy atom. The number of nitrogens with one attached hydrogen (secondary N) is 1. The van der Waals surface area contributed by atoms with Gasteiger partial charge in [-0.15, -0.1) is 0 Å². The molecule has 0 fully saturated rings. The molecule has 0 saturated carbocycles. The first kappa shape index (κ1) is 22.4. The van der Waals surface area contributed by atoms with Crippen LogP contribution in [0, 0.1) is 13.8 Å². The first-order valence-electron chi connectivity index (χ1n) is 10.3. The van der Waals surface area contributed by atoms with E-state index in [0.717, 1.165) is 16.0 Å². The summed E-state index contributed by atoms with van der Waals surface area (Å²) in [4.78, 5) is 28.3. The van der Waals surface area contributed by atoms with Crippen molar-refractivity contribution < 1.29 is 19.1 Å². The number of carbonyl (C=O) groups excluding carboxylic acids is 2. The molecule has 0 radical (unpaired) electrons. The van der Waals surface area contributed by atoms with Gasteiger partial charge in [0, 0.05) is 28.9 Å². The van der Waals surface area contributed by atoms with Gasteiger partial charge in [0.25, 0.3) is 11.8 Å². The Labute approximate surface area is 197 Å². The minimum absolute atomic E-state index is 0.169. The predicted molar refractivity (Wildman–Crippen MR) is 130 cm³/mol. The molecular formula is C26H23ClN2O4. The number of hydrogen-bond donors (Lipinski definition) is 1. The molecule has 1 N–H and O–H groups in total. The number of amides is 2. The molecule has 0 aromatic heterocycles. The summed E-state index contributed by atoms with van der Waals surface area (Å²) in [5.41, 5.74) is 4.05. The van der Waals surface area contributed by atoms with Gasteiger partial charge in [0.1, 0.15) is 17.2 Å². The van der Waals surface area contributed by atoms with Gasteiger partial charge in [-0.3, -0.25) is 9.59 Å². The number of carbonyl (C=O) groups is 2. The number of rotatable bonds is 6. The molecule has 0 atom stereocenters. The molecule has 168 valence electrons. The van der Waals surface area contributed by atoms with E-state index in [9.17, 15) is 9.59 Å². The third-order valence-corrected chi connectivity index (χ3v) is 5.66. The fraction of sp³-hybridized carbons (Fsp3) is 0.154. The van der Waals surface area contributed by atoms with Crippen LogP contribution in [0.1, 0.15) is 16.7 Å². The molecule has 0 spiro atoms. The molecule has 3 aromatic rings. The van der Waals surface area contributed by atoms with Crippen LogP contribution in [0.15, 0.2) is 66.4 Å². The van der Waals surface area contributed by atoms with Gasteiger partial charge in [0.2, 0.25) is 0 Å². The molecule has 3 aromatic carbocycles. The summed E-state index contributed by atoms with van der Waals surface area (Å²) in [6, 6.07) is 17.6. The van der Waals surface area contributed by atoms with Crippen LogP contribution in [0.5, 0.6) is 11.5 Å². The molecule has 33 heavy (non-hydrogen) atoms. The largest absolute Gasteiger partial charge is 0.497 e. The van der Waals surface area contributed by atoms with Crippen LogP contribution in [0.2, 0.25) is 5.02 Å². The van der Waals surface area contributed by atoms with E-state index in [1.54, 1.807) is 56.7 Å². The van der Waals surface area contributed by atoms with Crippen molar-refractivity contribution in [3.05, 3.63) is 88.1 Å². The summed E-state index contributed by atoms with van der Waals surface area (Å²) in [6.45, 7) is 3.90. The number of hydrogen-bond acceptors (Lipinski definition) is 5. The van der Waals surface area contributed by atoms with Crippen molar-refractivity contribution in [2.45, 2.75) is 13.8 Å². The second-order valence-corrected chi connectivity index (χ2v) is 8.16. The fourth-order valence-electron chi connectivity index (χ4n) is 3.86. The number of aryl methyl sites for hydroxylation is 2. The van der Waals surface area contributed by atoms with E-state index in [4.69, 9.17) is 21.1 Å². The molecule has 1 aliphatic heterocycles. The molecular weight excluding hydrogens is 440 g/mol. The highest BCUT2D eigenvalue weighted by atomic mass is 35.5. The van der Waals surface area contributed by atoms with Crippen molar-refractivity contribution in [3.63, 3.8) is 0 Å². The first-order chi connectivity index (χ1) is 15.8. The van der Waals surface area contributed by atoms with E-state index in [1.807, 2.05) is 32.0 Å². The normalized spacial score (nSPS) is 13.5. The lowest BCUT2D eigenvalue weighted by molar-refractivity contribution is -0.120. The maximum atomic E-state index is 13.6. The van der Waals surface area contributed by atoms with Crippen LogP contribution in [0.4, 0.5) is 11.4 Å². The number of nitrogens with zero attached hydrogens (tertiary/aromatic N) is 1. The average molecular weight is 463 g/mol. The van der Waals surface area contributed by atoms with Gasteiger partial charge in [0.05, 0.1) is 25.5 Å². The Balaban J connectivity index is 1.87. The number of halogens is 1. The number of anilines is 2. The zero-order chi connectivity index (χ0) is 23.7. The monoisotopic (exact) mass is 462 g/mol. The highest BCUT2D eigenvalue weighted by Gasteiger charge is 2.40. The summed E-state index contributed by atoms with van der Waals surface area (Å²) < 4.78 is 10.7. The summed E-state index contributed by atoms with van der Waals surface area (Å²) in [5, 5.41) is 3.58. The summed E-state index contributed by atoms with van der Waals surface area (Å²) in [6.07, 6.45) is 0. The van der Waals surface area contributed by atoms with Crippen LogP contribution < -0.4 is 19.7 Å². The standard InChI is InChI=1S/C26H23ClN2O4/c1-15-8-9-22(16(2)10-15)23-24(28-18-12-20(32-3)14-21(13-18)33-4)26(31)29(25(23)30)19-7-5-6-17(27)11-19/h5-14,28H,1-4H3. The minimum Gasteiger partial charge on any atom is -0.497 e. The fourth-order valence-corrected chi connectivity index (χ4v) is 4.05. The van der Waals surface area contributed by atoms with Gasteiger partial charge in [-0.2, -0.15) is 0 Å². The lowest BCUT2D eigenvalue weighted by Crippen LogP contribution is -2.32.